The first-order chi connectivity index (χ1) is 13.6. The number of hydrogen-bond donors (Lipinski definition) is 0. The summed E-state index contributed by atoms with van der Waals surface area (Å²) >= 11 is 1.48. The smallest absolute Gasteiger partial charge is 0.305 e. The largest absolute Gasteiger partial charge is 0.495 e. The predicted octanol–water partition coefficient (Wildman–Crippen LogP) is 3.13. The first kappa shape index (κ1) is 20.4. The number of amides is 1. The van der Waals surface area contributed by atoms with Crippen molar-refractivity contribution in [3.05, 3.63) is 41.3 Å². The highest BCUT2D eigenvalue weighted by atomic mass is 32.1. The fourth-order valence-electron chi connectivity index (χ4n) is 3.29. The van der Waals surface area contributed by atoms with E-state index in [9.17, 15) is 9.59 Å². The molecular weight excluding hydrogens is 376 g/mol. The zero-order valence-electron chi connectivity index (χ0n) is 16.3. The number of hydrogen-bond acceptors (Lipinski definition) is 6. The number of methoxy groups -OCH3 is 2. The molecule has 1 aromatic carbocycles. The van der Waals surface area contributed by atoms with Gasteiger partial charge in [0.25, 0.3) is 5.91 Å². The van der Waals surface area contributed by atoms with Crippen LogP contribution in [0.25, 0.3) is 10.4 Å². The van der Waals surface area contributed by atoms with Gasteiger partial charge in [-0.05, 0) is 24.6 Å². The highest BCUT2D eigenvalue weighted by Gasteiger charge is 2.26. The van der Waals surface area contributed by atoms with Crippen molar-refractivity contribution in [3.8, 4) is 16.2 Å². The molecule has 0 radical (unpaired) electrons. The van der Waals surface area contributed by atoms with Crippen LogP contribution in [0.4, 0.5) is 0 Å². The molecule has 1 amide bonds. The van der Waals surface area contributed by atoms with Crippen LogP contribution in [0.1, 0.15) is 22.5 Å². The zero-order chi connectivity index (χ0) is 19.9. The Kier molecular flexibility index (Phi) is 7.06. The lowest BCUT2D eigenvalue weighted by Gasteiger charge is -2.34. The van der Waals surface area contributed by atoms with Crippen LogP contribution in [0, 0.1) is 0 Å². The van der Waals surface area contributed by atoms with Crippen LogP contribution in [0.5, 0.6) is 5.75 Å². The fraction of sp³-hybridized carbons (Fsp3) is 0.429. The predicted molar refractivity (Wildman–Crippen MR) is 110 cm³/mol. The van der Waals surface area contributed by atoms with E-state index in [1.807, 2.05) is 41.3 Å². The molecule has 3 rings (SSSR count). The second-order valence-corrected chi connectivity index (χ2v) is 7.74. The van der Waals surface area contributed by atoms with Crippen molar-refractivity contribution in [1.82, 2.24) is 9.80 Å². The van der Waals surface area contributed by atoms with Crippen LogP contribution < -0.4 is 4.74 Å². The minimum Gasteiger partial charge on any atom is -0.495 e. The molecule has 1 aliphatic heterocycles. The molecular formula is C21H26N2O4S. The van der Waals surface area contributed by atoms with Crippen molar-refractivity contribution < 1.29 is 19.1 Å². The van der Waals surface area contributed by atoms with Crippen LogP contribution in [-0.2, 0) is 9.53 Å². The van der Waals surface area contributed by atoms with Crippen LogP contribution in [-0.4, -0.2) is 68.6 Å². The molecule has 0 spiro atoms. The number of carbonyl (C=O) groups excluding carboxylic acids is 2. The molecule has 1 saturated heterocycles. The van der Waals surface area contributed by atoms with E-state index in [4.69, 9.17) is 4.74 Å². The molecule has 150 valence electrons. The summed E-state index contributed by atoms with van der Waals surface area (Å²) in [6.07, 6.45) is 1.21. The summed E-state index contributed by atoms with van der Waals surface area (Å²) in [4.78, 5) is 30.1. The van der Waals surface area contributed by atoms with Gasteiger partial charge in [0.05, 0.1) is 14.2 Å². The van der Waals surface area contributed by atoms with Crippen molar-refractivity contribution >= 4 is 23.2 Å². The minimum absolute atomic E-state index is 0.0261. The summed E-state index contributed by atoms with van der Waals surface area (Å²) in [5, 5.41) is 0. The summed E-state index contributed by atoms with van der Waals surface area (Å²) in [6.45, 7) is 3.83. The number of esters is 1. The lowest BCUT2D eigenvalue weighted by molar-refractivity contribution is -0.140. The zero-order valence-corrected chi connectivity index (χ0v) is 17.2. The number of nitrogens with zero attached hydrogens (tertiary/aromatic N) is 2. The summed E-state index contributed by atoms with van der Waals surface area (Å²) < 4.78 is 10.1. The Bertz CT molecular complexity index is 798. The highest BCUT2D eigenvalue weighted by Crippen LogP contribution is 2.37. The maximum atomic E-state index is 13.0. The van der Waals surface area contributed by atoms with Gasteiger partial charge in [0, 0.05) is 37.5 Å². The monoisotopic (exact) mass is 402 g/mol. The number of thiophene rings is 1. The van der Waals surface area contributed by atoms with Crippen LogP contribution in [0.15, 0.2) is 36.4 Å². The molecule has 2 heterocycles. The number of carbonyl (C=O) groups is 2. The first-order valence-corrected chi connectivity index (χ1v) is 10.3. The number of piperazine rings is 1. The van der Waals surface area contributed by atoms with E-state index >= 15 is 0 Å². The van der Waals surface area contributed by atoms with Crippen LogP contribution in [0.2, 0.25) is 0 Å². The van der Waals surface area contributed by atoms with Crippen molar-refractivity contribution in [2.45, 2.75) is 12.8 Å². The third-order valence-electron chi connectivity index (χ3n) is 4.91. The molecule has 0 aliphatic carbocycles. The molecule has 1 aliphatic rings. The molecule has 6 nitrogen and oxygen atoms in total. The van der Waals surface area contributed by atoms with Crippen molar-refractivity contribution in [2.24, 2.45) is 0 Å². The van der Waals surface area contributed by atoms with E-state index in [1.165, 1.54) is 18.4 Å². The van der Waals surface area contributed by atoms with Crippen molar-refractivity contribution in [2.75, 3.05) is 46.9 Å². The van der Waals surface area contributed by atoms with Gasteiger partial charge in [-0.3, -0.25) is 14.5 Å². The second kappa shape index (κ2) is 9.71. The Hall–Kier alpha value is -2.38. The topological polar surface area (TPSA) is 59.1 Å². The highest BCUT2D eigenvalue weighted by molar-refractivity contribution is 7.17. The number of ether oxygens (including phenoxy) is 2. The average Bonchev–Trinajstić information content (AvgIpc) is 3.18. The van der Waals surface area contributed by atoms with Crippen LogP contribution >= 0.6 is 11.3 Å². The third-order valence-corrected chi connectivity index (χ3v) is 6.07. The maximum Gasteiger partial charge on any atom is 0.305 e. The lowest BCUT2D eigenvalue weighted by atomic mass is 10.2. The Morgan fingerprint density at radius 3 is 2.43 bits per heavy atom. The van der Waals surface area contributed by atoms with E-state index in [2.05, 4.69) is 9.64 Å². The molecule has 0 saturated carbocycles. The standard InChI is InChI=1S/C21H26N2O4S/c1-26-17-15-18(16-7-4-3-5-8-16)28-20(17)21(25)23-13-11-22(12-14-23)10-6-9-19(24)27-2/h3-5,7-8,15H,6,9-14H2,1-2H3. The average molecular weight is 403 g/mol. The van der Waals surface area contributed by atoms with Gasteiger partial charge in [-0.25, -0.2) is 0 Å². The Morgan fingerprint density at radius 1 is 1.07 bits per heavy atom. The van der Waals surface area contributed by atoms with Gasteiger partial charge in [0.1, 0.15) is 10.6 Å². The molecule has 1 fully saturated rings. The molecule has 0 unspecified atom stereocenters. The number of rotatable bonds is 7. The maximum absolute atomic E-state index is 13.0. The molecule has 0 bridgehead atoms. The summed E-state index contributed by atoms with van der Waals surface area (Å²) in [6, 6.07) is 12.0. The van der Waals surface area contributed by atoms with Crippen LogP contribution in [0.3, 0.4) is 0 Å². The van der Waals surface area contributed by atoms with Gasteiger partial charge < -0.3 is 14.4 Å². The number of benzene rings is 1. The SMILES string of the molecule is COC(=O)CCCN1CCN(C(=O)c2sc(-c3ccccc3)cc2OC)CC1. The Labute approximate surface area is 169 Å². The second-order valence-electron chi connectivity index (χ2n) is 6.69. The first-order valence-electron chi connectivity index (χ1n) is 9.44. The van der Waals surface area contributed by atoms with E-state index in [1.54, 1.807) is 7.11 Å². The van der Waals surface area contributed by atoms with Gasteiger partial charge in [-0.2, -0.15) is 0 Å². The summed E-state index contributed by atoms with van der Waals surface area (Å²) in [5.74, 6) is 0.487. The van der Waals surface area contributed by atoms with Gasteiger partial charge in [0.15, 0.2) is 0 Å². The summed E-state index contributed by atoms with van der Waals surface area (Å²) in [5.41, 5.74) is 1.08. The van der Waals surface area contributed by atoms with Gasteiger partial charge in [-0.15, -0.1) is 11.3 Å². The third kappa shape index (κ3) is 4.91. The van der Waals surface area contributed by atoms with Gasteiger partial charge >= 0.3 is 5.97 Å². The van der Waals surface area contributed by atoms with E-state index in [0.717, 1.165) is 36.5 Å². The van der Waals surface area contributed by atoms with E-state index in [-0.39, 0.29) is 11.9 Å². The lowest BCUT2D eigenvalue weighted by Crippen LogP contribution is -2.48. The fourth-order valence-corrected chi connectivity index (χ4v) is 4.39. The molecule has 2 aromatic rings. The minimum atomic E-state index is -0.173. The van der Waals surface area contributed by atoms with E-state index in [0.29, 0.717) is 30.1 Å². The van der Waals surface area contributed by atoms with E-state index < -0.39 is 0 Å². The quantitative estimate of drug-likeness (QED) is 0.666. The van der Waals surface area contributed by atoms with Crippen molar-refractivity contribution in [1.29, 1.82) is 0 Å². The summed E-state index contributed by atoms with van der Waals surface area (Å²) in [7, 11) is 3.02. The Balaban J connectivity index is 1.59. The molecule has 7 heteroatoms. The molecule has 0 N–H and O–H groups in total. The molecule has 28 heavy (non-hydrogen) atoms. The normalized spacial score (nSPS) is 14.7. The Morgan fingerprint density at radius 2 is 1.79 bits per heavy atom. The van der Waals surface area contributed by atoms with Gasteiger partial charge in [0.2, 0.25) is 0 Å². The molecule has 0 atom stereocenters. The van der Waals surface area contributed by atoms with Crippen molar-refractivity contribution in [3.63, 3.8) is 0 Å². The van der Waals surface area contributed by atoms with Gasteiger partial charge in [-0.1, -0.05) is 30.3 Å². The molecule has 1 aromatic heterocycles.